The standard InChI is InChI=1S/C39H28N2/c1-39(2)33-24-30(20-21-31(33)32-22-28-12-6-7-13-29(28)23-34(32)39)38-37(40-35-14-8-9-15-36(35)41-38)27-18-16-26(17-19-27)25-10-4-3-5-11-25/h3-24H,1-2H3. The Morgan fingerprint density at radius 2 is 0.927 bits per heavy atom. The summed E-state index contributed by atoms with van der Waals surface area (Å²) in [5.74, 6) is 0. The maximum absolute atomic E-state index is 5.21. The van der Waals surface area contributed by atoms with E-state index in [2.05, 4.69) is 117 Å². The molecule has 2 nitrogen and oxygen atoms in total. The van der Waals surface area contributed by atoms with Crippen LogP contribution in [0.5, 0.6) is 0 Å². The molecule has 1 aliphatic rings. The van der Waals surface area contributed by atoms with Crippen LogP contribution in [0.2, 0.25) is 0 Å². The Balaban J connectivity index is 1.30. The number of rotatable bonds is 3. The summed E-state index contributed by atoms with van der Waals surface area (Å²) in [5, 5.41) is 2.56. The van der Waals surface area contributed by atoms with Gasteiger partial charge in [0.05, 0.1) is 22.4 Å². The molecule has 41 heavy (non-hydrogen) atoms. The van der Waals surface area contributed by atoms with Gasteiger partial charge in [-0.3, -0.25) is 0 Å². The molecular formula is C39H28N2. The summed E-state index contributed by atoms with van der Waals surface area (Å²) in [6, 6.07) is 47.6. The van der Waals surface area contributed by atoms with Gasteiger partial charge >= 0.3 is 0 Å². The summed E-state index contributed by atoms with van der Waals surface area (Å²) in [7, 11) is 0. The smallest absolute Gasteiger partial charge is 0.0973 e. The van der Waals surface area contributed by atoms with Crippen LogP contribution in [0.3, 0.4) is 0 Å². The van der Waals surface area contributed by atoms with Gasteiger partial charge in [0.1, 0.15) is 0 Å². The second kappa shape index (κ2) is 8.97. The average molecular weight is 525 g/mol. The van der Waals surface area contributed by atoms with Crippen LogP contribution >= 0.6 is 0 Å². The van der Waals surface area contributed by atoms with Crippen LogP contribution in [-0.4, -0.2) is 9.97 Å². The van der Waals surface area contributed by atoms with E-state index in [0.29, 0.717) is 0 Å². The minimum Gasteiger partial charge on any atom is -0.244 e. The topological polar surface area (TPSA) is 25.8 Å². The molecule has 1 aliphatic carbocycles. The largest absolute Gasteiger partial charge is 0.244 e. The Hall–Kier alpha value is -5.08. The predicted octanol–water partition coefficient (Wildman–Crippen LogP) is 10.1. The number of fused-ring (bicyclic) bond motifs is 5. The van der Waals surface area contributed by atoms with Gasteiger partial charge in [-0.15, -0.1) is 0 Å². The zero-order chi connectivity index (χ0) is 27.6. The number of hydrogen-bond donors (Lipinski definition) is 0. The molecule has 8 rings (SSSR count). The van der Waals surface area contributed by atoms with Crippen molar-refractivity contribution in [1.29, 1.82) is 0 Å². The zero-order valence-electron chi connectivity index (χ0n) is 23.1. The third-order valence-electron chi connectivity index (χ3n) is 8.65. The summed E-state index contributed by atoms with van der Waals surface area (Å²) in [4.78, 5) is 10.4. The monoisotopic (exact) mass is 524 g/mol. The van der Waals surface area contributed by atoms with Crippen molar-refractivity contribution in [3.63, 3.8) is 0 Å². The number of para-hydroxylation sites is 2. The summed E-state index contributed by atoms with van der Waals surface area (Å²) in [6.45, 7) is 4.68. The first-order chi connectivity index (χ1) is 20.1. The van der Waals surface area contributed by atoms with Crippen LogP contribution < -0.4 is 0 Å². The number of benzene rings is 6. The molecule has 1 aromatic heterocycles. The van der Waals surface area contributed by atoms with Crippen molar-refractivity contribution in [2.24, 2.45) is 0 Å². The van der Waals surface area contributed by atoms with E-state index in [0.717, 1.165) is 33.5 Å². The van der Waals surface area contributed by atoms with Crippen LogP contribution in [0.1, 0.15) is 25.0 Å². The van der Waals surface area contributed by atoms with Gasteiger partial charge in [0.15, 0.2) is 0 Å². The maximum atomic E-state index is 5.21. The Bertz CT molecular complexity index is 2110. The lowest BCUT2D eigenvalue weighted by Gasteiger charge is -2.22. The minimum absolute atomic E-state index is 0.119. The van der Waals surface area contributed by atoms with Gasteiger partial charge in [0.25, 0.3) is 0 Å². The Morgan fingerprint density at radius 3 is 1.63 bits per heavy atom. The van der Waals surface area contributed by atoms with E-state index in [9.17, 15) is 0 Å². The number of aromatic nitrogens is 2. The van der Waals surface area contributed by atoms with Crippen molar-refractivity contribution in [2.75, 3.05) is 0 Å². The highest BCUT2D eigenvalue weighted by atomic mass is 14.8. The van der Waals surface area contributed by atoms with E-state index in [4.69, 9.17) is 9.97 Å². The molecule has 0 amide bonds. The molecule has 0 radical (unpaired) electrons. The number of nitrogens with zero attached hydrogens (tertiary/aromatic N) is 2. The van der Waals surface area contributed by atoms with Gasteiger partial charge in [0.2, 0.25) is 0 Å². The molecule has 1 heterocycles. The molecule has 0 fully saturated rings. The van der Waals surface area contributed by atoms with E-state index >= 15 is 0 Å². The van der Waals surface area contributed by atoms with Gasteiger partial charge < -0.3 is 0 Å². The van der Waals surface area contributed by atoms with Crippen molar-refractivity contribution >= 4 is 21.8 Å². The first-order valence-corrected chi connectivity index (χ1v) is 14.2. The van der Waals surface area contributed by atoms with Gasteiger partial charge in [0, 0.05) is 16.5 Å². The lowest BCUT2D eigenvalue weighted by Crippen LogP contribution is -2.15. The van der Waals surface area contributed by atoms with Crippen LogP contribution in [0.25, 0.3) is 66.6 Å². The fraction of sp³-hybridized carbons (Fsp3) is 0.0769. The fourth-order valence-corrected chi connectivity index (χ4v) is 6.42. The molecule has 194 valence electrons. The molecule has 0 saturated carbocycles. The van der Waals surface area contributed by atoms with Crippen LogP contribution in [0.15, 0.2) is 133 Å². The predicted molar refractivity (Wildman–Crippen MR) is 171 cm³/mol. The van der Waals surface area contributed by atoms with Gasteiger partial charge in [-0.25, -0.2) is 9.97 Å². The molecule has 0 saturated heterocycles. The van der Waals surface area contributed by atoms with Gasteiger partial charge in [-0.1, -0.05) is 117 Å². The summed E-state index contributed by atoms with van der Waals surface area (Å²) < 4.78 is 0. The Labute approximate surface area is 240 Å². The minimum atomic E-state index is -0.119. The van der Waals surface area contributed by atoms with Crippen molar-refractivity contribution < 1.29 is 0 Å². The second-order valence-corrected chi connectivity index (χ2v) is 11.5. The molecule has 0 N–H and O–H groups in total. The third-order valence-corrected chi connectivity index (χ3v) is 8.65. The van der Waals surface area contributed by atoms with Crippen molar-refractivity contribution in [2.45, 2.75) is 19.3 Å². The molecule has 6 aromatic carbocycles. The summed E-state index contributed by atoms with van der Waals surface area (Å²) in [5.41, 5.74) is 13.4. The molecule has 2 heteroatoms. The lowest BCUT2D eigenvalue weighted by atomic mass is 9.81. The van der Waals surface area contributed by atoms with Crippen molar-refractivity contribution in [3.05, 3.63) is 145 Å². The van der Waals surface area contributed by atoms with Crippen molar-refractivity contribution in [3.8, 4) is 44.8 Å². The second-order valence-electron chi connectivity index (χ2n) is 11.5. The molecule has 7 aromatic rings. The molecule has 0 bridgehead atoms. The Morgan fingerprint density at radius 1 is 0.415 bits per heavy atom. The molecule has 0 spiro atoms. The van der Waals surface area contributed by atoms with Crippen LogP contribution in [0, 0.1) is 0 Å². The fourth-order valence-electron chi connectivity index (χ4n) is 6.42. The third kappa shape index (κ3) is 3.79. The summed E-state index contributed by atoms with van der Waals surface area (Å²) in [6.07, 6.45) is 0. The zero-order valence-corrected chi connectivity index (χ0v) is 23.1. The average Bonchev–Trinajstić information content (AvgIpc) is 3.25. The summed E-state index contributed by atoms with van der Waals surface area (Å²) >= 11 is 0. The number of hydrogen-bond acceptors (Lipinski definition) is 2. The quantitative estimate of drug-likeness (QED) is 0.230. The lowest BCUT2D eigenvalue weighted by molar-refractivity contribution is 0.661. The normalized spacial score (nSPS) is 13.3. The van der Waals surface area contributed by atoms with Gasteiger partial charge in [-0.05, 0) is 74.5 Å². The Kier molecular flexibility index (Phi) is 5.20. The SMILES string of the molecule is CC1(C)c2cc(-c3nc4ccccc4nc3-c3ccc(-c4ccccc4)cc3)ccc2-c2cc3ccccc3cc21. The van der Waals surface area contributed by atoms with E-state index in [1.165, 1.54) is 44.2 Å². The molecule has 0 unspecified atom stereocenters. The van der Waals surface area contributed by atoms with E-state index in [-0.39, 0.29) is 5.41 Å². The van der Waals surface area contributed by atoms with Gasteiger partial charge in [-0.2, -0.15) is 0 Å². The first kappa shape index (κ1) is 23.8. The highest BCUT2D eigenvalue weighted by molar-refractivity contribution is 5.95. The van der Waals surface area contributed by atoms with E-state index < -0.39 is 0 Å². The maximum Gasteiger partial charge on any atom is 0.0973 e. The highest BCUT2D eigenvalue weighted by Crippen LogP contribution is 2.51. The highest BCUT2D eigenvalue weighted by Gasteiger charge is 2.36. The molecule has 0 atom stereocenters. The van der Waals surface area contributed by atoms with Crippen molar-refractivity contribution in [1.82, 2.24) is 9.97 Å². The van der Waals surface area contributed by atoms with Crippen LogP contribution in [-0.2, 0) is 5.41 Å². The van der Waals surface area contributed by atoms with Crippen LogP contribution in [0.4, 0.5) is 0 Å². The van der Waals surface area contributed by atoms with E-state index in [1.54, 1.807) is 0 Å². The first-order valence-electron chi connectivity index (χ1n) is 14.2. The molecule has 0 aliphatic heterocycles. The van der Waals surface area contributed by atoms with E-state index in [1.807, 2.05) is 30.3 Å². The molecular weight excluding hydrogens is 496 g/mol.